The lowest BCUT2D eigenvalue weighted by Gasteiger charge is -2.10. The molecule has 0 aliphatic rings. The van der Waals surface area contributed by atoms with Crippen molar-refractivity contribution in [3.63, 3.8) is 0 Å². The SMILES string of the molecule is CSCCCCNc1c(F)c(F)c(F)c(F)c1F. The molecule has 1 aromatic rings. The molecule has 1 N–H and O–H groups in total. The maximum Gasteiger partial charge on any atom is 0.200 e. The Morgan fingerprint density at radius 2 is 1.33 bits per heavy atom. The van der Waals surface area contributed by atoms with Crippen LogP contribution in [0.4, 0.5) is 27.6 Å². The minimum atomic E-state index is -2.14. The van der Waals surface area contributed by atoms with Crippen molar-refractivity contribution in [2.45, 2.75) is 12.8 Å². The average Bonchev–Trinajstić information content (AvgIpc) is 2.37. The van der Waals surface area contributed by atoms with Gasteiger partial charge in [0.25, 0.3) is 0 Å². The zero-order valence-corrected chi connectivity index (χ0v) is 10.4. The molecule has 0 unspecified atom stereocenters. The van der Waals surface area contributed by atoms with Gasteiger partial charge in [0.2, 0.25) is 5.82 Å². The largest absolute Gasteiger partial charge is 0.380 e. The molecule has 1 nitrogen and oxygen atoms in total. The zero-order valence-electron chi connectivity index (χ0n) is 9.63. The summed E-state index contributed by atoms with van der Waals surface area (Å²) in [5, 5.41) is 2.24. The van der Waals surface area contributed by atoms with Gasteiger partial charge in [-0.2, -0.15) is 11.8 Å². The smallest absolute Gasteiger partial charge is 0.200 e. The first-order chi connectivity index (χ1) is 8.50. The van der Waals surface area contributed by atoms with Gasteiger partial charge < -0.3 is 5.32 Å². The van der Waals surface area contributed by atoms with Gasteiger partial charge in [-0.3, -0.25) is 0 Å². The lowest BCUT2D eigenvalue weighted by Crippen LogP contribution is -2.11. The van der Waals surface area contributed by atoms with Gasteiger partial charge in [0.15, 0.2) is 23.3 Å². The Labute approximate surface area is 106 Å². The van der Waals surface area contributed by atoms with Crippen LogP contribution in [-0.4, -0.2) is 18.6 Å². The van der Waals surface area contributed by atoms with Crippen LogP contribution in [0.15, 0.2) is 0 Å². The summed E-state index contributed by atoms with van der Waals surface area (Å²) in [5.41, 5.74) is -0.962. The van der Waals surface area contributed by atoms with Gasteiger partial charge in [0.1, 0.15) is 5.69 Å². The maximum absolute atomic E-state index is 13.2. The molecule has 0 aliphatic carbocycles. The molecule has 0 fully saturated rings. The predicted molar refractivity (Wildman–Crippen MR) is 62.3 cm³/mol. The second-order valence-corrected chi connectivity index (χ2v) is 4.56. The summed E-state index contributed by atoms with van der Waals surface area (Å²) in [6.07, 6.45) is 3.29. The monoisotopic (exact) mass is 285 g/mol. The molecule has 0 spiro atoms. The summed E-state index contributed by atoms with van der Waals surface area (Å²) in [6, 6.07) is 0. The van der Waals surface area contributed by atoms with Gasteiger partial charge in [-0.1, -0.05) is 0 Å². The van der Waals surface area contributed by atoms with E-state index >= 15 is 0 Å². The normalized spacial score (nSPS) is 10.8. The molecule has 0 bridgehead atoms. The molecule has 0 radical (unpaired) electrons. The third-order valence-corrected chi connectivity index (χ3v) is 2.98. The van der Waals surface area contributed by atoms with Crippen LogP contribution in [0.2, 0.25) is 0 Å². The summed E-state index contributed by atoms with van der Waals surface area (Å²) in [5.74, 6) is -8.77. The minimum absolute atomic E-state index is 0.152. The fourth-order valence-electron chi connectivity index (χ4n) is 1.34. The van der Waals surface area contributed by atoms with Gasteiger partial charge in [-0.25, -0.2) is 22.0 Å². The van der Waals surface area contributed by atoms with Crippen molar-refractivity contribution in [2.75, 3.05) is 23.9 Å². The first-order valence-corrected chi connectivity index (χ1v) is 6.64. The van der Waals surface area contributed by atoms with Crippen molar-refractivity contribution >= 4 is 17.4 Å². The number of rotatable bonds is 6. The Morgan fingerprint density at radius 3 is 1.83 bits per heavy atom. The molecule has 0 atom stereocenters. The Kier molecular flexibility index (Phi) is 5.71. The topological polar surface area (TPSA) is 12.0 Å². The molecule has 1 aromatic carbocycles. The van der Waals surface area contributed by atoms with Gasteiger partial charge >= 0.3 is 0 Å². The Morgan fingerprint density at radius 1 is 0.833 bits per heavy atom. The van der Waals surface area contributed by atoms with Crippen molar-refractivity contribution in [3.05, 3.63) is 29.1 Å². The summed E-state index contributed by atoms with van der Waals surface area (Å²) in [7, 11) is 0. The van der Waals surface area contributed by atoms with Crippen LogP contribution in [0.5, 0.6) is 0 Å². The van der Waals surface area contributed by atoms with E-state index in [4.69, 9.17) is 0 Å². The summed E-state index contributed by atoms with van der Waals surface area (Å²) in [6.45, 7) is 0.152. The van der Waals surface area contributed by atoms with E-state index in [0.717, 1.165) is 12.2 Å². The standard InChI is InChI=1S/C11H12F5NS/c1-18-5-3-2-4-17-11-9(15)7(13)6(12)8(14)10(11)16/h17H,2-5H2,1H3. The third-order valence-electron chi connectivity index (χ3n) is 2.29. The van der Waals surface area contributed by atoms with Gasteiger partial charge in [-0.05, 0) is 24.9 Å². The van der Waals surface area contributed by atoms with E-state index in [-0.39, 0.29) is 6.54 Å². The number of halogens is 5. The van der Waals surface area contributed by atoms with E-state index in [0.29, 0.717) is 6.42 Å². The van der Waals surface area contributed by atoms with Crippen LogP contribution in [0.3, 0.4) is 0 Å². The van der Waals surface area contributed by atoms with Crippen LogP contribution >= 0.6 is 11.8 Å². The van der Waals surface area contributed by atoms with Crippen molar-refractivity contribution in [2.24, 2.45) is 0 Å². The Balaban J connectivity index is 2.77. The molecule has 102 valence electrons. The molecule has 0 heterocycles. The minimum Gasteiger partial charge on any atom is -0.380 e. The lowest BCUT2D eigenvalue weighted by molar-refractivity contribution is 0.381. The highest BCUT2D eigenvalue weighted by atomic mass is 32.2. The van der Waals surface area contributed by atoms with E-state index in [1.807, 2.05) is 6.26 Å². The lowest BCUT2D eigenvalue weighted by atomic mass is 10.2. The van der Waals surface area contributed by atoms with Crippen molar-refractivity contribution in [1.29, 1.82) is 0 Å². The molecule has 18 heavy (non-hydrogen) atoms. The number of hydrogen-bond acceptors (Lipinski definition) is 2. The van der Waals surface area contributed by atoms with E-state index in [9.17, 15) is 22.0 Å². The number of nitrogens with one attached hydrogen (secondary N) is 1. The first kappa shape index (κ1) is 15.1. The molecule has 7 heteroatoms. The Hall–Kier alpha value is -0.980. The van der Waals surface area contributed by atoms with Crippen LogP contribution in [0, 0.1) is 29.1 Å². The number of thioether (sulfide) groups is 1. The van der Waals surface area contributed by atoms with E-state index in [1.165, 1.54) is 0 Å². The van der Waals surface area contributed by atoms with Crippen LogP contribution in [0.25, 0.3) is 0 Å². The summed E-state index contributed by atoms with van der Waals surface area (Å²) < 4.78 is 64.8. The predicted octanol–water partition coefficient (Wildman–Crippen LogP) is 3.94. The zero-order chi connectivity index (χ0) is 13.7. The molecule has 1 rings (SSSR count). The van der Waals surface area contributed by atoms with Gasteiger partial charge in [0, 0.05) is 6.54 Å². The number of benzene rings is 1. The number of anilines is 1. The quantitative estimate of drug-likeness (QED) is 0.368. The van der Waals surface area contributed by atoms with E-state index in [1.54, 1.807) is 11.8 Å². The van der Waals surface area contributed by atoms with Gasteiger partial charge in [-0.15, -0.1) is 0 Å². The maximum atomic E-state index is 13.2. The molecular formula is C11H12F5NS. The number of unbranched alkanes of at least 4 members (excludes halogenated alkanes) is 1. The fourth-order valence-corrected chi connectivity index (χ4v) is 1.84. The highest BCUT2D eigenvalue weighted by Gasteiger charge is 2.25. The molecule has 0 saturated heterocycles. The summed E-state index contributed by atoms with van der Waals surface area (Å²) >= 11 is 1.62. The van der Waals surface area contributed by atoms with Crippen LogP contribution in [-0.2, 0) is 0 Å². The highest BCUT2D eigenvalue weighted by molar-refractivity contribution is 7.98. The molecule has 0 saturated carbocycles. The molecule has 0 amide bonds. The molecule has 0 aromatic heterocycles. The van der Waals surface area contributed by atoms with Crippen molar-refractivity contribution in [3.8, 4) is 0 Å². The van der Waals surface area contributed by atoms with E-state index < -0.39 is 34.8 Å². The molecule has 0 aliphatic heterocycles. The highest BCUT2D eigenvalue weighted by Crippen LogP contribution is 2.26. The van der Waals surface area contributed by atoms with Crippen LogP contribution < -0.4 is 5.32 Å². The second kappa shape index (κ2) is 6.82. The average molecular weight is 285 g/mol. The summed E-state index contributed by atoms with van der Waals surface area (Å²) in [4.78, 5) is 0. The van der Waals surface area contributed by atoms with Crippen molar-refractivity contribution < 1.29 is 22.0 Å². The van der Waals surface area contributed by atoms with Gasteiger partial charge in [0.05, 0.1) is 0 Å². The first-order valence-electron chi connectivity index (χ1n) is 5.25. The van der Waals surface area contributed by atoms with E-state index in [2.05, 4.69) is 5.32 Å². The number of hydrogen-bond donors (Lipinski definition) is 1. The Bertz CT molecular complexity index is 395. The third kappa shape index (κ3) is 3.28. The molecular weight excluding hydrogens is 273 g/mol. The van der Waals surface area contributed by atoms with Crippen molar-refractivity contribution in [1.82, 2.24) is 0 Å². The fraction of sp³-hybridized carbons (Fsp3) is 0.455. The van der Waals surface area contributed by atoms with Crippen LogP contribution in [0.1, 0.15) is 12.8 Å². The second-order valence-electron chi connectivity index (χ2n) is 3.57.